The third kappa shape index (κ3) is 1.54. The molecule has 0 spiro atoms. The van der Waals surface area contributed by atoms with Gasteiger partial charge in [-0.2, -0.15) is 0 Å². The first-order valence-electron chi connectivity index (χ1n) is 3.98. The Labute approximate surface area is 95.3 Å². The van der Waals surface area contributed by atoms with Crippen molar-refractivity contribution in [3.8, 4) is 0 Å². The molecule has 1 aromatic carbocycles. The first kappa shape index (κ1) is 9.97. The number of rotatable bonds is 2. The fraction of sp³-hybridized carbons (Fsp3) is 0.100. The van der Waals surface area contributed by atoms with Gasteiger partial charge in [0.2, 0.25) is 0 Å². The molecule has 2 aromatic rings. The Bertz CT molecular complexity index is 490. The minimum Gasteiger partial charge on any atom is -0.297 e. The summed E-state index contributed by atoms with van der Waals surface area (Å²) in [5.74, 6) is 0.390. The first-order valence-corrected chi connectivity index (χ1v) is 5.71. The molecule has 0 fully saturated rings. The number of halogens is 2. The number of carbonyl (C=O) groups is 1. The van der Waals surface area contributed by atoms with Gasteiger partial charge in [-0.15, -0.1) is 22.9 Å². The zero-order valence-electron chi connectivity index (χ0n) is 7.09. The Balaban J connectivity index is 2.74. The quantitative estimate of drug-likeness (QED) is 0.574. The SMILES string of the molecule is O=Cc1cc2c(Cl)c(CCl)ccc2s1. The molecule has 0 radical (unpaired) electrons. The van der Waals surface area contributed by atoms with Crippen molar-refractivity contribution in [1.82, 2.24) is 0 Å². The summed E-state index contributed by atoms with van der Waals surface area (Å²) in [6.07, 6.45) is 0.835. The Kier molecular flexibility index (Phi) is 2.77. The molecule has 0 saturated heterocycles. The molecule has 0 unspecified atom stereocenters. The highest BCUT2D eigenvalue weighted by Gasteiger charge is 2.08. The molecule has 1 aromatic heterocycles. The van der Waals surface area contributed by atoms with E-state index in [2.05, 4.69) is 0 Å². The lowest BCUT2D eigenvalue weighted by atomic mass is 10.2. The molecule has 4 heteroatoms. The van der Waals surface area contributed by atoms with Crippen molar-refractivity contribution in [1.29, 1.82) is 0 Å². The highest BCUT2D eigenvalue weighted by Crippen LogP contribution is 2.33. The van der Waals surface area contributed by atoms with E-state index in [0.29, 0.717) is 15.8 Å². The number of carbonyl (C=O) groups excluding carboxylic acids is 1. The van der Waals surface area contributed by atoms with E-state index >= 15 is 0 Å². The maximum Gasteiger partial charge on any atom is 0.160 e. The molecular formula is C10H6Cl2OS. The number of benzene rings is 1. The van der Waals surface area contributed by atoms with Gasteiger partial charge in [-0.3, -0.25) is 4.79 Å². The van der Waals surface area contributed by atoms with E-state index in [1.165, 1.54) is 11.3 Å². The van der Waals surface area contributed by atoms with Gasteiger partial charge in [-0.25, -0.2) is 0 Å². The van der Waals surface area contributed by atoms with Gasteiger partial charge in [-0.05, 0) is 17.7 Å². The van der Waals surface area contributed by atoms with Crippen molar-refractivity contribution in [2.45, 2.75) is 5.88 Å². The van der Waals surface area contributed by atoms with Crippen molar-refractivity contribution in [2.75, 3.05) is 0 Å². The van der Waals surface area contributed by atoms with Crippen molar-refractivity contribution in [2.24, 2.45) is 0 Å². The van der Waals surface area contributed by atoms with Gasteiger partial charge in [0.1, 0.15) is 0 Å². The molecule has 0 aliphatic carbocycles. The highest BCUT2D eigenvalue weighted by atomic mass is 35.5. The zero-order chi connectivity index (χ0) is 10.1. The average molecular weight is 245 g/mol. The fourth-order valence-corrected chi connectivity index (χ4v) is 2.82. The largest absolute Gasteiger partial charge is 0.297 e. The zero-order valence-corrected chi connectivity index (χ0v) is 9.42. The van der Waals surface area contributed by atoms with E-state index in [-0.39, 0.29) is 0 Å². The number of thiophene rings is 1. The molecule has 1 nitrogen and oxygen atoms in total. The van der Waals surface area contributed by atoms with Crippen LogP contribution in [0.4, 0.5) is 0 Å². The van der Waals surface area contributed by atoms with Crippen molar-refractivity contribution in [3.05, 3.63) is 33.7 Å². The van der Waals surface area contributed by atoms with Gasteiger partial charge in [0.25, 0.3) is 0 Å². The number of alkyl halides is 1. The van der Waals surface area contributed by atoms with Crippen LogP contribution in [0, 0.1) is 0 Å². The molecule has 0 N–H and O–H groups in total. The van der Waals surface area contributed by atoms with E-state index in [1.807, 2.05) is 12.1 Å². The van der Waals surface area contributed by atoms with Gasteiger partial charge in [-0.1, -0.05) is 17.7 Å². The summed E-state index contributed by atoms with van der Waals surface area (Å²) < 4.78 is 1.02. The molecule has 0 saturated carbocycles. The number of fused-ring (bicyclic) bond motifs is 1. The number of aldehydes is 1. The third-order valence-electron chi connectivity index (χ3n) is 1.99. The summed E-state index contributed by atoms with van der Waals surface area (Å²) in [4.78, 5) is 11.3. The van der Waals surface area contributed by atoms with Gasteiger partial charge in [0.05, 0.1) is 9.90 Å². The van der Waals surface area contributed by atoms with Crippen LogP contribution in [0.2, 0.25) is 5.02 Å². The standard InChI is InChI=1S/C10H6Cl2OS/c11-4-6-1-2-9-8(10(6)12)3-7(5-13)14-9/h1-3,5H,4H2. The molecule has 2 rings (SSSR count). The topological polar surface area (TPSA) is 17.1 Å². The minimum atomic E-state index is 0.390. The lowest BCUT2D eigenvalue weighted by Gasteiger charge is -1.99. The van der Waals surface area contributed by atoms with Crippen LogP contribution in [0.15, 0.2) is 18.2 Å². The second kappa shape index (κ2) is 3.89. The van der Waals surface area contributed by atoms with Crippen LogP contribution in [0.5, 0.6) is 0 Å². The van der Waals surface area contributed by atoms with Gasteiger partial charge in [0, 0.05) is 16.0 Å². The monoisotopic (exact) mass is 244 g/mol. The van der Waals surface area contributed by atoms with Gasteiger partial charge >= 0.3 is 0 Å². The second-order valence-electron chi connectivity index (χ2n) is 2.85. The normalized spacial score (nSPS) is 10.7. The predicted octanol–water partition coefficient (Wildman–Crippen LogP) is 4.11. The van der Waals surface area contributed by atoms with Crippen LogP contribution < -0.4 is 0 Å². The minimum absolute atomic E-state index is 0.390. The summed E-state index contributed by atoms with van der Waals surface area (Å²) in [6.45, 7) is 0. The van der Waals surface area contributed by atoms with Crippen LogP contribution in [-0.4, -0.2) is 6.29 Å². The molecule has 0 atom stereocenters. The van der Waals surface area contributed by atoms with E-state index in [1.54, 1.807) is 6.07 Å². The van der Waals surface area contributed by atoms with Crippen LogP contribution >= 0.6 is 34.5 Å². The van der Waals surface area contributed by atoms with E-state index in [4.69, 9.17) is 23.2 Å². The Morgan fingerprint density at radius 1 is 1.43 bits per heavy atom. The van der Waals surface area contributed by atoms with E-state index in [0.717, 1.165) is 21.9 Å². The Morgan fingerprint density at radius 2 is 2.21 bits per heavy atom. The molecule has 72 valence electrons. The van der Waals surface area contributed by atoms with Crippen molar-refractivity contribution >= 4 is 50.9 Å². The van der Waals surface area contributed by atoms with E-state index < -0.39 is 0 Å². The average Bonchev–Trinajstić information content (AvgIpc) is 2.62. The molecule has 14 heavy (non-hydrogen) atoms. The van der Waals surface area contributed by atoms with Crippen LogP contribution in [0.1, 0.15) is 15.2 Å². The van der Waals surface area contributed by atoms with Crippen LogP contribution in [0.3, 0.4) is 0 Å². The maximum absolute atomic E-state index is 10.6. The summed E-state index contributed by atoms with van der Waals surface area (Å²) >= 11 is 13.3. The molecular weight excluding hydrogens is 239 g/mol. The van der Waals surface area contributed by atoms with Crippen LogP contribution in [-0.2, 0) is 5.88 Å². The first-order chi connectivity index (χ1) is 6.76. The molecule has 0 aliphatic rings. The summed E-state index contributed by atoms with van der Waals surface area (Å²) in [5, 5.41) is 1.57. The molecule has 1 heterocycles. The summed E-state index contributed by atoms with van der Waals surface area (Å²) in [6, 6.07) is 5.63. The molecule has 0 bridgehead atoms. The Morgan fingerprint density at radius 3 is 2.86 bits per heavy atom. The maximum atomic E-state index is 10.6. The lowest BCUT2D eigenvalue weighted by molar-refractivity contribution is 0.112. The van der Waals surface area contributed by atoms with Gasteiger partial charge < -0.3 is 0 Å². The lowest BCUT2D eigenvalue weighted by Crippen LogP contribution is -1.78. The summed E-state index contributed by atoms with van der Waals surface area (Å²) in [5.41, 5.74) is 0.899. The Hall–Kier alpha value is -0.570. The molecule has 0 aliphatic heterocycles. The van der Waals surface area contributed by atoms with Crippen molar-refractivity contribution < 1.29 is 4.79 Å². The summed E-state index contributed by atoms with van der Waals surface area (Å²) in [7, 11) is 0. The predicted molar refractivity (Wildman–Crippen MR) is 61.8 cm³/mol. The number of hydrogen-bond acceptors (Lipinski definition) is 2. The van der Waals surface area contributed by atoms with E-state index in [9.17, 15) is 4.79 Å². The number of hydrogen-bond donors (Lipinski definition) is 0. The fourth-order valence-electron chi connectivity index (χ4n) is 1.30. The third-order valence-corrected chi connectivity index (χ3v) is 3.75. The molecule has 0 amide bonds. The van der Waals surface area contributed by atoms with Crippen LogP contribution in [0.25, 0.3) is 10.1 Å². The second-order valence-corrected chi connectivity index (χ2v) is 4.61. The smallest absolute Gasteiger partial charge is 0.160 e. The van der Waals surface area contributed by atoms with Gasteiger partial charge in [0.15, 0.2) is 6.29 Å². The van der Waals surface area contributed by atoms with Crippen molar-refractivity contribution in [3.63, 3.8) is 0 Å². The highest BCUT2D eigenvalue weighted by molar-refractivity contribution is 7.20.